The second-order valence-electron chi connectivity index (χ2n) is 7.92. The minimum atomic E-state index is -4.37. The number of anilines is 3. The Bertz CT molecular complexity index is 1180. The van der Waals surface area contributed by atoms with Crippen LogP contribution in [-0.4, -0.2) is 38.7 Å². The summed E-state index contributed by atoms with van der Waals surface area (Å²) in [5.41, 5.74) is 2.28. The van der Waals surface area contributed by atoms with E-state index >= 15 is 0 Å². The van der Waals surface area contributed by atoms with E-state index in [1.165, 1.54) is 11.0 Å². The Kier molecular flexibility index (Phi) is 5.86. The average Bonchev–Trinajstić information content (AvgIpc) is 2.74. The van der Waals surface area contributed by atoms with Gasteiger partial charge in [-0.15, -0.1) is 0 Å². The van der Waals surface area contributed by atoms with Crippen LogP contribution in [0.25, 0.3) is 11.1 Å². The Morgan fingerprint density at radius 3 is 2.66 bits per heavy atom. The summed E-state index contributed by atoms with van der Waals surface area (Å²) in [7, 11) is 0. The molecule has 168 valence electrons. The van der Waals surface area contributed by atoms with Gasteiger partial charge in [-0.25, -0.2) is 9.97 Å². The highest BCUT2D eigenvalue weighted by atomic mass is 19.4. The summed E-state index contributed by atoms with van der Waals surface area (Å²) < 4.78 is 40.8. The van der Waals surface area contributed by atoms with Crippen molar-refractivity contribution in [1.29, 1.82) is 0 Å². The lowest BCUT2D eigenvalue weighted by molar-refractivity contribution is -0.152. The van der Waals surface area contributed by atoms with Gasteiger partial charge < -0.3 is 15.2 Å². The summed E-state index contributed by atoms with van der Waals surface area (Å²) in [5, 5.41) is 3.07. The number of aryl methyl sites for hydroxylation is 2. The Morgan fingerprint density at radius 2 is 1.91 bits per heavy atom. The first-order chi connectivity index (χ1) is 15.2. The summed E-state index contributed by atoms with van der Waals surface area (Å²) in [5.74, 6) is 1.17. The van der Waals surface area contributed by atoms with Gasteiger partial charge in [0.2, 0.25) is 5.56 Å². The molecule has 1 aliphatic rings. The summed E-state index contributed by atoms with van der Waals surface area (Å²) in [6.45, 7) is 3.88. The van der Waals surface area contributed by atoms with Gasteiger partial charge in [-0.2, -0.15) is 13.2 Å². The lowest BCUT2D eigenvalue weighted by atomic mass is 10.00. The number of hydrogen-bond donors (Lipinski definition) is 2. The minimum Gasteiger partial charge on any atom is -0.346 e. The van der Waals surface area contributed by atoms with E-state index in [9.17, 15) is 18.0 Å². The molecule has 3 aromatic heterocycles. The molecule has 1 fully saturated rings. The Morgan fingerprint density at radius 1 is 1.09 bits per heavy atom. The second kappa shape index (κ2) is 8.60. The molecule has 0 saturated carbocycles. The number of halogens is 3. The largest absolute Gasteiger partial charge is 0.408 e. The van der Waals surface area contributed by atoms with Crippen LogP contribution in [0.1, 0.15) is 30.5 Å². The first-order valence-corrected chi connectivity index (χ1v) is 10.3. The van der Waals surface area contributed by atoms with Crippen molar-refractivity contribution in [2.45, 2.75) is 45.3 Å². The van der Waals surface area contributed by atoms with Gasteiger partial charge in [0.1, 0.15) is 23.5 Å². The number of aromatic nitrogens is 4. The van der Waals surface area contributed by atoms with Crippen LogP contribution in [0.3, 0.4) is 0 Å². The third-order valence-corrected chi connectivity index (χ3v) is 5.45. The molecule has 10 heteroatoms. The number of hydrogen-bond acceptors (Lipinski definition) is 6. The summed E-state index contributed by atoms with van der Waals surface area (Å²) in [6, 6.07) is 3.12. The van der Waals surface area contributed by atoms with Gasteiger partial charge in [0.25, 0.3) is 0 Å². The lowest BCUT2D eigenvalue weighted by Crippen LogP contribution is -2.49. The average molecular weight is 444 g/mol. The van der Waals surface area contributed by atoms with Crippen molar-refractivity contribution in [2.75, 3.05) is 16.8 Å². The van der Waals surface area contributed by atoms with Crippen LogP contribution >= 0.6 is 0 Å². The van der Waals surface area contributed by atoms with Crippen molar-refractivity contribution in [3.05, 3.63) is 58.4 Å². The van der Waals surface area contributed by atoms with Crippen molar-refractivity contribution < 1.29 is 13.2 Å². The third-order valence-electron chi connectivity index (χ3n) is 5.45. The van der Waals surface area contributed by atoms with Crippen LogP contribution in [0.15, 0.2) is 41.6 Å². The maximum Gasteiger partial charge on any atom is 0.408 e. The van der Waals surface area contributed by atoms with Crippen LogP contribution in [0.2, 0.25) is 0 Å². The number of nitrogens with one attached hydrogen (secondary N) is 2. The SMILES string of the molecule is Cc1cncc(Nc2cc(-c3cc(N4CCCC[C@@H]4C(F)(F)F)[nH]c(=O)c3)c(C)cn2)n1. The molecule has 4 heterocycles. The van der Waals surface area contributed by atoms with E-state index < -0.39 is 17.8 Å². The molecule has 1 aliphatic heterocycles. The Hall–Kier alpha value is -3.43. The highest BCUT2D eigenvalue weighted by molar-refractivity contribution is 5.73. The van der Waals surface area contributed by atoms with Crippen molar-refractivity contribution in [3.8, 4) is 11.1 Å². The van der Waals surface area contributed by atoms with Gasteiger partial charge >= 0.3 is 6.18 Å². The Labute approximate surface area is 182 Å². The van der Waals surface area contributed by atoms with Gasteiger partial charge in [0.15, 0.2) is 0 Å². The van der Waals surface area contributed by atoms with E-state index in [4.69, 9.17) is 0 Å². The molecule has 0 aliphatic carbocycles. The molecule has 0 spiro atoms. The van der Waals surface area contributed by atoms with E-state index in [0.29, 0.717) is 35.6 Å². The zero-order valence-electron chi connectivity index (χ0n) is 17.7. The molecule has 0 bridgehead atoms. The van der Waals surface area contributed by atoms with Crippen molar-refractivity contribution in [1.82, 2.24) is 19.9 Å². The van der Waals surface area contributed by atoms with E-state index in [2.05, 4.69) is 25.3 Å². The van der Waals surface area contributed by atoms with Crippen molar-refractivity contribution in [2.24, 2.45) is 0 Å². The lowest BCUT2D eigenvalue weighted by Gasteiger charge is -2.38. The summed E-state index contributed by atoms with van der Waals surface area (Å²) in [6.07, 6.45) is 1.62. The molecule has 0 radical (unpaired) electrons. The van der Waals surface area contributed by atoms with Crippen LogP contribution in [0.5, 0.6) is 0 Å². The number of nitrogens with zero attached hydrogens (tertiary/aromatic N) is 4. The van der Waals surface area contributed by atoms with Crippen LogP contribution in [0.4, 0.5) is 30.6 Å². The summed E-state index contributed by atoms with van der Waals surface area (Å²) >= 11 is 0. The highest BCUT2D eigenvalue weighted by Gasteiger charge is 2.45. The van der Waals surface area contributed by atoms with Crippen LogP contribution in [-0.2, 0) is 0 Å². The number of aromatic amines is 1. The number of pyridine rings is 2. The highest BCUT2D eigenvalue weighted by Crippen LogP contribution is 2.35. The topological polar surface area (TPSA) is 86.8 Å². The molecular formula is C22H23F3N6O. The van der Waals surface area contributed by atoms with Gasteiger partial charge in [-0.3, -0.25) is 9.78 Å². The van der Waals surface area contributed by atoms with Gasteiger partial charge in [-0.1, -0.05) is 0 Å². The molecule has 0 aromatic carbocycles. The number of alkyl halides is 3. The molecule has 32 heavy (non-hydrogen) atoms. The molecule has 3 aromatic rings. The molecule has 2 N–H and O–H groups in total. The first kappa shape index (κ1) is 21.8. The quantitative estimate of drug-likeness (QED) is 0.616. The number of rotatable bonds is 4. The predicted molar refractivity (Wildman–Crippen MR) is 116 cm³/mol. The molecule has 0 amide bonds. The normalized spacial score (nSPS) is 16.8. The van der Waals surface area contributed by atoms with Crippen LogP contribution in [0, 0.1) is 13.8 Å². The number of piperidine rings is 1. The molecule has 0 unspecified atom stereocenters. The van der Waals surface area contributed by atoms with Crippen LogP contribution < -0.4 is 15.8 Å². The maximum absolute atomic E-state index is 13.6. The van der Waals surface area contributed by atoms with E-state index in [0.717, 1.165) is 11.3 Å². The summed E-state index contributed by atoms with van der Waals surface area (Å²) in [4.78, 5) is 29.0. The Balaban J connectivity index is 1.71. The molecule has 4 rings (SSSR count). The molecule has 7 nitrogen and oxygen atoms in total. The fourth-order valence-corrected chi connectivity index (χ4v) is 3.96. The smallest absolute Gasteiger partial charge is 0.346 e. The third kappa shape index (κ3) is 4.74. The van der Waals surface area contributed by atoms with Crippen molar-refractivity contribution >= 4 is 17.5 Å². The van der Waals surface area contributed by atoms with Gasteiger partial charge in [-0.05, 0) is 61.9 Å². The van der Waals surface area contributed by atoms with E-state index in [1.54, 1.807) is 30.7 Å². The fraction of sp³-hybridized carbons (Fsp3) is 0.364. The van der Waals surface area contributed by atoms with Gasteiger partial charge in [0.05, 0.1) is 11.9 Å². The zero-order chi connectivity index (χ0) is 22.9. The fourth-order valence-electron chi connectivity index (χ4n) is 3.96. The molecule has 1 atom stereocenters. The standard InChI is InChI=1S/C22H23F3N6O/c1-13-10-27-18(29-19-12-26-11-14(2)28-19)9-16(13)15-7-20(30-21(32)8-15)31-6-4-3-5-17(31)22(23,24)25/h7-12,17H,3-6H2,1-2H3,(H,30,32)(H,27,28,29)/t17-/m1/s1. The monoisotopic (exact) mass is 444 g/mol. The van der Waals surface area contributed by atoms with E-state index in [1.807, 2.05) is 13.8 Å². The predicted octanol–water partition coefficient (Wildman–Crippen LogP) is 4.51. The first-order valence-electron chi connectivity index (χ1n) is 10.3. The second-order valence-corrected chi connectivity index (χ2v) is 7.92. The minimum absolute atomic E-state index is 0.00956. The zero-order valence-corrected chi connectivity index (χ0v) is 17.7. The number of H-pyrrole nitrogens is 1. The van der Waals surface area contributed by atoms with E-state index in [-0.39, 0.29) is 18.8 Å². The maximum atomic E-state index is 13.6. The van der Waals surface area contributed by atoms with Gasteiger partial charge in [0, 0.05) is 25.0 Å². The molecule has 1 saturated heterocycles. The van der Waals surface area contributed by atoms with Crippen molar-refractivity contribution in [3.63, 3.8) is 0 Å². The molecular weight excluding hydrogens is 421 g/mol.